The van der Waals surface area contributed by atoms with Crippen molar-refractivity contribution in [3.8, 4) is 0 Å². The van der Waals surface area contributed by atoms with Gasteiger partial charge in [0.2, 0.25) is 0 Å². The number of aryl methyl sites for hydroxylation is 1. The van der Waals surface area contributed by atoms with Crippen LogP contribution in [0.2, 0.25) is 0 Å². The summed E-state index contributed by atoms with van der Waals surface area (Å²) < 4.78 is 0. The molecule has 0 radical (unpaired) electrons. The quantitative estimate of drug-likeness (QED) is 0.751. The maximum absolute atomic E-state index is 3.55. The van der Waals surface area contributed by atoms with Crippen molar-refractivity contribution in [3.05, 3.63) is 35.9 Å². The number of nitrogens with one attached hydrogen (secondary N) is 1. The molecule has 0 fully saturated rings. The highest BCUT2D eigenvalue weighted by Gasteiger charge is 2.02. The molecule has 0 unspecified atom stereocenters. The molecule has 0 aliphatic heterocycles. The smallest absolute Gasteiger partial charge is 0.00420 e. The molecule has 1 atom stereocenters. The highest BCUT2D eigenvalue weighted by molar-refractivity contribution is 5.14. The van der Waals surface area contributed by atoms with Crippen molar-refractivity contribution in [2.45, 2.75) is 39.7 Å². The molecule has 1 aromatic carbocycles. The van der Waals surface area contributed by atoms with Gasteiger partial charge in [-0.25, -0.2) is 0 Å². The fraction of sp³-hybridized carbons (Fsp3) is 0.571. The van der Waals surface area contributed by atoms with Gasteiger partial charge in [-0.15, -0.1) is 0 Å². The van der Waals surface area contributed by atoms with Crippen molar-refractivity contribution < 1.29 is 0 Å². The van der Waals surface area contributed by atoms with Crippen molar-refractivity contribution in [1.82, 2.24) is 5.32 Å². The normalized spacial score (nSPS) is 13.1. The molecular weight excluding hydrogens is 182 g/mol. The van der Waals surface area contributed by atoms with Crippen LogP contribution in [-0.2, 0) is 6.42 Å². The molecule has 1 rings (SSSR count). The van der Waals surface area contributed by atoms with Crippen molar-refractivity contribution in [3.63, 3.8) is 0 Å². The first-order chi connectivity index (χ1) is 7.18. The van der Waals surface area contributed by atoms with Crippen molar-refractivity contribution >= 4 is 0 Å². The van der Waals surface area contributed by atoms with Crippen molar-refractivity contribution in [2.75, 3.05) is 6.54 Å². The summed E-state index contributed by atoms with van der Waals surface area (Å²) in [6.07, 6.45) is 2.39. The molecule has 1 nitrogen and oxygen atoms in total. The van der Waals surface area contributed by atoms with Gasteiger partial charge in [0.25, 0.3) is 0 Å². The van der Waals surface area contributed by atoms with Crippen LogP contribution in [0, 0.1) is 5.92 Å². The zero-order valence-electron chi connectivity index (χ0n) is 10.2. The minimum Gasteiger partial charge on any atom is -0.314 e. The monoisotopic (exact) mass is 205 g/mol. The van der Waals surface area contributed by atoms with E-state index in [9.17, 15) is 0 Å². The van der Waals surface area contributed by atoms with Gasteiger partial charge in [0, 0.05) is 6.04 Å². The van der Waals surface area contributed by atoms with E-state index in [0.29, 0.717) is 6.04 Å². The number of hydrogen-bond acceptors (Lipinski definition) is 1. The maximum atomic E-state index is 3.55. The van der Waals surface area contributed by atoms with Gasteiger partial charge in [-0.3, -0.25) is 0 Å². The van der Waals surface area contributed by atoms with Gasteiger partial charge < -0.3 is 5.32 Å². The van der Waals surface area contributed by atoms with Gasteiger partial charge in [-0.1, -0.05) is 44.2 Å². The van der Waals surface area contributed by atoms with E-state index in [1.807, 2.05) is 0 Å². The second-order valence-corrected chi connectivity index (χ2v) is 4.73. The number of rotatable bonds is 6. The highest BCUT2D eigenvalue weighted by Crippen LogP contribution is 2.04. The Hall–Kier alpha value is -0.820. The summed E-state index contributed by atoms with van der Waals surface area (Å²) in [6.45, 7) is 7.88. The van der Waals surface area contributed by atoms with Crippen LogP contribution in [0.25, 0.3) is 0 Å². The Morgan fingerprint density at radius 3 is 2.33 bits per heavy atom. The largest absolute Gasteiger partial charge is 0.314 e. The lowest BCUT2D eigenvalue weighted by molar-refractivity contribution is 0.464. The third kappa shape index (κ3) is 5.58. The lowest BCUT2D eigenvalue weighted by Gasteiger charge is -2.15. The van der Waals surface area contributed by atoms with Crippen LogP contribution in [0.3, 0.4) is 0 Å². The first kappa shape index (κ1) is 12.3. The van der Waals surface area contributed by atoms with Crippen LogP contribution in [0.15, 0.2) is 30.3 Å². The minimum absolute atomic E-state index is 0.618. The molecule has 0 aromatic heterocycles. The molecule has 0 aliphatic rings. The van der Waals surface area contributed by atoms with Crippen LogP contribution in [0.1, 0.15) is 32.8 Å². The molecule has 0 saturated carbocycles. The van der Waals surface area contributed by atoms with E-state index in [1.165, 1.54) is 18.4 Å². The van der Waals surface area contributed by atoms with Crippen molar-refractivity contribution in [1.29, 1.82) is 0 Å². The lowest BCUT2D eigenvalue weighted by atomic mass is 10.1. The van der Waals surface area contributed by atoms with E-state index in [0.717, 1.165) is 12.5 Å². The van der Waals surface area contributed by atoms with E-state index in [-0.39, 0.29) is 0 Å². The van der Waals surface area contributed by atoms with Crippen LogP contribution >= 0.6 is 0 Å². The highest BCUT2D eigenvalue weighted by atomic mass is 14.9. The Balaban J connectivity index is 2.19. The van der Waals surface area contributed by atoms with Crippen LogP contribution in [-0.4, -0.2) is 12.6 Å². The van der Waals surface area contributed by atoms with Gasteiger partial charge in [-0.05, 0) is 37.8 Å². The summed E-state index contributed by atoms with van der Waals surface area (Å²) in [6, 6.07) is 11.3. The van der Waals surface area contributed by atoms with Gasteiger partial charge in [0.1, 0.15) is 0 Å². The second kappa shape index (κ2) is 6.62. The third-order valence-electron chi connectivity index (χ3n) is 2.58. The van der Waals surface area contributed by atoms with Gasteiger partial charge in [0.15, 0.2) is 0 Å². The van der Waals surface area contributed by atoms with E-state index in [2.05, 4.69) is 56.4 Å². The van der Waals surface area contributed by atoms with E-state index >= 15 is 0 Å². The van der Waals surface area contributed by atoms with Gasteiger partial charge >= 0.3 is 0 Å². The first-order valence-corrected chi connectivity index (χ1v) is 5.96. The van der Waals surface area contributed by atoms with Crippen LogP contribution in [0.4, 0.5) is 0 Å². The predicted octanol–water partition coefficient (Wildman–Crippen LogP) is 3.25. The number of benzene rings is 1. The number of hydrogen-bond donors (Lipinski definition) is 1. The molecule has 0 saturated heterocycles. The molecule has 84 valence electrons. The average molecular weight is 205 g/mol. The zero-order valence-corrected chi connectivity index (χ0v) is 10.2. The van der Waals surface area contributed by atoms with Gasteiger partial charge in [-0.2, -0.15) is 0 Å². The lowest BCUT2D eigenvalue weighted by Crippen LogP contribution is -2.29. The molecule has 0 heterocycles. The summed E-state index contributed by atoms with van der Waals surface area (Å²) in [5, 5.41) is 3.55. The summed E-state index contributed by atoms with van der Waals surface area (Å²) in [5.74, 6) is 0.740. The second-order valence-electron chi connectivity index (χ2n) is 4.73. The molecule has 0 bridgehead atoms. The van der Waals surface area contributed by atoms with Gasteiger partial charge in [0.05, 0.1) is 0 Å². The SMILES string of the molecule is CC(C)CN[C@H](C)CCc1ccccc1. The predicted molar refractivity (Wildman–Crippen MR) is 67.1 cm³/mol. The maximum Gasteiger partial charge on any atom is 0.00420 e. The molecule has 1 aromatic rings. The molecule has 1 N–H and O–H groups in total. The van der Waals surface area contributed by atoms with E-state index < -0.39 is 0 Å². The molecule has 1 heteroatoms. The van der Waals surface area contributed by atoms with E-state index in [1.54, 1.807) is 0 Å². The summed E-state index contributed by atoms with van der Waals surface area (Å²) in [7, 11) is 0. The van der Waals surface area contributed by atoms with Crippen LogP contribution in [0.5, 0.6) is 0 Å². The standard InChI is InChI=1S/C14H23N/c1-12(2)11-15-13(3)9-10-14-7-5-4-6-8-14/h4-8,12-13,15H,9-11H2,1-3H3/t13-/m1/s1. The molecular formula is C14H23N. The molecule has 0 amide bonds. The van der Waals surface area contributed by atoms with Crippen LogP contribution < -0.4 is 5.32 Å². The summed E-state index contributed by atoms with van der Waals surface area (Å²) >= 11 is 0. The average Bonchev–Trinajstić information content (AvgIpc) is 2.25. The summed E-state index contributed by atoms with van der Waals surface area (Å²) in [4.78, 5) is 0. The Bertz CT molecular complexity index is 253. The topological polar surface area (TPSA) is 12.0 Å². The fourth-order valence-electron chi connectivity index (χ4n) is 1.57. The fourth-order valence-corrected chi connectivity index (χ4v) is 1.57. The Labute approximate surface area is 93.9 Å². The van der Waals surface area contributed by atoms with E-state index in [4.69, 9.17) is 0 Å². The molecule has 15 heavy (non-hydrogen) atoms. The zero-order chi connectivity index (χ0) is 11.1. The minimum atomic E-state index is 0.618. The summed E-state index contributed by atoms with van der Waals surface area (Å²) in [5.41, 5.74) is 1.44. The Morgan fingerprint density at radius 1 is 1.07 bits per heavy atom. The Kier molecular flexibility index (Phi) is 5.41. The molecule has 0 aliphatic carbocycles. The third-order valence-corrected chi connectivity index (χ3v) is 2.58. The first-order valence-electron chi connectivity index (χ1n) is 5.96. The molecule has 0 spiro atoms. The Morgan fingerprint density at radius 2 is 1.73 bits per heavy atom. The van der Waals surface area contributed by atoms with Crippen molar-refractivity contribution in [2.24, 2.45) is 5.92 Å².